The Kier molecular flexibility index (Phi) is 2.88. The van der Waals surface area contributed by atoms with Crippen molar-refractivity contribution in [3.8, 4) is 0 Å². The molecule has 1 aliphatic heterocycles. The molecule has 6 heteroatoms. The van der Waals surface area contributed by atoms with Gasteiger partial charge in [-0.1, -0.05) is 0 Å². The Bertz CT molecular complexity index is 353. The molecule has 0 saturated carbocycles. The summed E-state index contributed by atoms with van der Waals surface area (Å²) in [6.45, 7) is 3.73. The molecule has 0 aliphatic carbocycles. The van der Waals surface area contributed by atoms with Crippen LogP contribution in [0.3, 0.4) is 0 Å². The van der Waals surface area contributed by atoms with Gasteiger partial charge in [-0.3, -0.25) is 0 Å². The minimum Gasteiger partial charge on any atom is -0.423 e. The van der Waals surface area contributed by atoms with Gasteiger partial charge in [-0.2, -0.15) is 0 Å². The van der Waals surface area contributed by atoms with Crippen molar-refractivity contribution in [1.29, 1.82) is 0 Å². The lowest BCUT2D eigenvalue weighted by molar-refractivity contribution is 0.425. The second-order valence-electron chi connectivity index (χ2n) is 3.78. The van der Waals surface area contributed by atoms with Gasteiger partial charge >= 0.3 is 7.12 Å². The molecular formula is C9H14BN3O2. The van der Waals surface area contributed by atoms with Crippen LogP contribution in [0.1, 0.15) is 18.5 Å². The maximum absolute atomic E-state index is 9.02. The van der Waals surface area contributed by atoms with Gasteiger partial charge in [-0.25, -0.2) is 9.97 Å². The van der Waals surface area contributed by atoms with Crippen molar-refractivity contribution in [2.75, 3.05) is 18.0 Å². The van der Waals surface area contributed by atoms with Gasteiger partial charge in [0.15, 0.2) is 0 Å². The molecule has 0 unspecified atom stereocenters. The fraction of sp³-hybridized carbons (Fsp3) is 0.556. The molecule has 5 nitrogen and oxygen atoms in total. The average molecular weight is 207 g/mol. The van der Waals surface area contributed by atoms with E-state index in [-0.39, 0.29) is 0 Å². The summed E-state index contributed by atoms with van der Waals surface area (Å²) in [5.74, 6) is 0.689. The van der Waals surface area contributed by atoms with Crippen molar-refractivity contribution in [2.45, 2.75) is 19.8 Å². The van der Waals surface area contributed by atoms with Crippen LogP contribution in [0.15, 0.2) is 6.20 Å². The third-order valence-electron chi connectivity index (χ3n) is 2.67. The Morgan fingerprint density at radius 2 is 2.00 bits per heavy atom. The summed E-state index contributed by atoms with van der Waals surface area (Å²) in [6.07, 6.45) is 3.83. The predicted octanol–water partition coefficient (Wildman–Crippen LogP) is -0.935. The summed E-state index contributed by atoms with van der Waals surface area (Å²) in [6, 6.07) is 0. The Morgan fingerprint density at radius 3 is 2.53 bits per heavy atom. The highest BCUT2D eigenvalue weighted by Crippen LogP contribution is 2.14. The van der Waals surface area contributed by atoms with E-state index in [9.17, 15) is 0 Å². The molecule has 2 N–H and O–H groups in total. The predicted molar refractivity (Wildman–Crippen MR) is 58.0 cm³/mol. The van der Waals surface area contributed by atoms with Crippen LogP contribution in [-0.4, -0.2) is 40.2 Å². The second kappa shape index (κ2) is 4.16. The monoisotopic (exact) mass is 207 g/mol. The molecule has 0 spiro atoms. The molecule has 1 aliphatic rings. The van der Waals surface area contributed by atoms with Crippen molar-refractivity contribution < 1.29 is 10.0 Å². The third kappa shape index (κ3) is 2.10. The van der Waals surface area contributed by atoms with E-state index in [0.717, 1.165) is 13.1 Å². The highest BCUT2D eigenvalue weighted by molar-refractivity contribution is 6.58. The lowest BCUT2D eigenvalue weighted by Crippen LogP contribution is -2.34. The van der Waals surface area contributed by atoms with E-state index in [2.05, 4.69) is 14.9 Å². The number of aromatic nitrogens is 2. The first-order chi connectivity index (χ1) is 7.18. The summed E-state index contributed by atoms with van der Waals surface area (Å²) in [5, 5.41) is 18.0. The van der Waals surface area contributed by atoms with Gasteiger partial charge < -0.3 is 14.9 Å². The van der Waals surface area contributed by atoms with Gasteiger partial charge in [-0.05, 0) is 19.8 Å². The van der Waals surface area contributed by atoms with E-state index in [1.165, 1.54) is 19.0 Å². The minimum absolute atomic E-state index is 0.373. The molecule has 0 radical (unpaired) electrons. The van der Waals surface area contributed by atoms with E-state index in [4.69, 9.17) is 10.0 Å². The molecule has 1 aromatic heterocycles. The van der Waals surface area contributed by atoms with Crippen LogP contribution in [0.2, 0.25) is 0 Å². The molecule has 1 saturated heterocycles. The molecule has 1 aromatic rings. The van der Waals surface area contributed by atoms with Gasteiger partial charge in [0.1, 0.15) is 0 Å². The minimum atomic E-state index is -1.49. The molecule has 0 amide bonds. The van der Waals surface area contributed by atoms with E-state index < -0.39 is 7.12 Å². The molecule has 0 bridgehead atoms. The van der Waals surface area contributed by atoms with Crippen molar-refractivity contribution in [1.82, 2.24) is 9.97 Å². The van der Waals surface area contributed by atoms with Gasteiger partial charge in [0.2, 0.25) is 5.95 Å². The maximum Gasteiger partial charge on any atom is 0.491 e. The van der Waals surface area contributed by atoms with Gasteiger partial charge in [0.25, 0.3) is 0 Å². The van der Waals surface area contributed by atoms with E-state index in [1.54, 1.807) is 6.92 Å². The first-order valence-corrected chi connectivity index (χ1v) is 5.13. The fourth-order valence-electron chi connectivity index (χ4n) is 1.79. The van der Waals surface area contributed by atoms with Crippen LogP contribution >= 0.6 is 0 Å². The summed E-state index contributed by atoms with van der Waals surface area (Å²) in [4.78, 5) is 10.5. The number of nitrogens with zero attached hydrogens (tertiary/aromatic N) is 3. The second-order valence-corrected chi connectivity index (χ2v) is 3.78. The fourth-order valence-corrected chi connectivity index (χ4v) is 1.79. The zero-order chi connectivity index (χ0) is 10.8. The van der Waals surface area contributed by atoms with E-state index in [1.807, 2.05) is 0 Å². The normalized spacial score (nSPS) is 15.8. The van der Waals surface area contributed by atoms with Crippen molar-refractivity contribution in [2.24, 2.45) is 0 Å². The van der Waals surface area contributed by atoms with Gasteiger partial charge in [0, 0.05) is 30.4 Å². The smallest absolute Gasteiger partial charge is 0.423 e. The number of rotatable bonds is 2. The SMILES string of the molecule is Cc1nc(N2CCCC2)ncc1B(O)O. The number of hydrogen-bond donors (Lipinski definition) is 2. The molecular weight excluding hydrogens is 193 g/mol. The molecule has 0 aromatic carbocycles. The number of anilines is 1. The number of aryl methyl sites for hydroxylation is 1. The van der Waals surface area contributed by atoms with Crippen LogP contribution in [-0.2, 0) is 0 Å². The molecule has 2 heterocycles. The van der Waals surface area contributed by atoms with Crippen LogP contribution in [0.4, 0.5) is 5.95 Å². The molecule has 2 rings (SSSR count). The Labute approximate surface area is 88.9 Å². The molecule has 80 valence electrons. The maximum atomic E-state index is 9.02. The number of hydrogen-bond acceptors (Lipinski definition) is 5. The first kappa shape index (κ1) is 10.4. The lowest BCUT2D eigenvalue weighted by atomic mass is 9.80. The zero-order valence-electron chi connectivity index (χ0n) is 8.72. The lowest BCUT2D eigenvalue weighted by Gasteiger charge is -2.16. The van der Waals surface area contributed by atoms with Crippen molar-refractivity contribution in [3.05, 3.63) is 11.9 Å². The summed E-state index contributed by atoms with van der Waals surface area (Å²) in [7, 11) is -1.49. The molecule has 1 fully saturated rings. The third-order valence-corrected chi connectivity index (χ3v) is 2.67. The van der Waals surface area contributed by atoms with Gasteiger partial charge in [-0.15, -0.1) is 0 Å². The van der Waals surface area contributed by atoms with E-state index in [0.29, 0.717) is 17.1 Å². The van der Waals surface area contributed by atoms with Crippen molar-refractivity contribution in [3.63, 3.8) is 0 Å². The standard InChI is InChI=1S/C9H14BN3O2/c1-7-8(10(14)15)6-11-9(12-7)13-4-2-3-5-13/h6,14-15H,2-5H2,1H3. The largest absolute Gasteiger partial charge is 0.491 e. The van der Waals surface area contributed by atoms with Crippen LogP contribution in [0.25, 0.3) is 0 Å². The van der Waals surface area contributed by atoms with Crippen LogP contribution < -0.4 is 10.4 Å². The Balaban J connectivity index is 2.24. The molecule has 0 atom stereocenters. The topological polar surface area (TPSA) is 69.5 Å². The Hall–Kier alpha value is -1.14. The average Bonchev–Trinajstić information content (AvgIpc) is 2.69. The zero-order valence-corrected chi connectivity index (χ0v) is 8.72. The summed E-state index contributed by atoms with van der Waals surface area (Å²) >= 11 is 0. The summed E-state index contributed by atoms with van der Waals surface area (Å²) in [5.41, 5.74) is 1.000. The quantitative estimate of drug-likeness (QED) is 0.613. The highest BCUT2D eigenvalue weighted by Gasteiger charge is 2.19. The highest BCUT2D eigenvalue weighted by atomic mass is 16.4. The Morgan fingerprint density at radius 1 is 1.33 bits per heavy atom. The van der Waals surface area contributed by atoms with Gasteiger partial charge in [0.05, 0.1) is 0 Å². The summed E-state index contributed by atoms with van der Waals surface area (Å²) < 4.78 is 0. The molecule has 15 heavy (non-hydrogen) atoms. The van der Waals surface area contributed by atoms with Crippen LogP contribution in [0, 0.1) is 6.92 Å². The van der Waals surface area contributed by atoms with Crippen molar-refractivity contribution >= 4 is 18.5 Å². The van der Waals surface area contributed by atoms with E-state index >= 15 is 0 Å². The first-order valence-electron chi connectivity index (χ1n) is 5.13. The van der Waals surface area contributed by atoms with Crippen LogP contribution in [0.5, 0.6) is 0 Å².